The molecule has 2 nitrogen and oxygen atoms in total. The summed E-state index contributed by atoms with van der Waals surface area (Å²) in [6.45, 7) is 4.36. The van der Waals surface area contributed by atoms with Crippen molar-refractivity contribution in [3.8, 4) is 11.4 Å². The van der Waals surface area contributed by atoms with Crippen LogP contribution in [0.2, 0.25) is 5.15 Å². The Balaban J connectivity index is 2.10. The summed E-state index contributed by atoms with van der Waals surface area (Å²) in [4.78, 5) is 8.99. The van der Waals surface area contributed by atoms with E-state index in [2.05, 4.69) is 48.1 Å². The van der Waals surface area contributed by atoms with Crippen LogP contribution in [0.5, 0.6) is 0 Å². The Morgan fingerprint density at radius 1 is 0.900 bits per heavy atom. The van der Waals surface area contributed by atoms with E-state index >= 15 is 0 Å². The molecule has 0 amide bonds. The minimum absolute atomic E-state index is 0.499. The lowest BCUT2D eigenvalue weighted by Crippen LogP contribution is -1.93. The number of halogens is 1. The van der Waals surface area contributed by atoms with E-state index in [9.17, 15) is 0 Å². The summed E-state index contributed by atoms with van der Waals surface area (Å²) in [5.41, 5.74) is 3.16. The first-order valence-electron chi connectivity index (χ1n) is 6.68. The molecule has 1 aromatic heterocycles. The minimum atomic E-state index is 0.499. The van der Waals surface area contributed by atoms with E-state index in [0.717, 1.165) is 16.5 Å². The van der Waals surface area contributed by atoms with Gasteiger partial charge in [0.1, 0.15) is 5.15 Å². The first-order valence-corrected chi connectivity index (χ1v) is 7.05. The van der Waals surface area contributed by atoms with Crippen LogP contribution in [-0.2, 0) is 0 Å². The first kappa shape index (κ1) is 13.1. The maximum absolute atomic E-state index is 6.24. The van der Waals surface area contributed by atoms with Crippen molar-refractivity contribution in [3.05, 3.63) is 59.2 Å². The van der Waals surface area contributed by atoms with Crippen LogP contribution in [0.1, 0.15) is 25.3 Å². The number of benzene rings is 2. The number of hydrogen-bond donors (Lipinski definition) is 0. The Morgan fingerprint density at radius 3 is 2.30 bits per heavy atom. The Bertz CT molecular complexity index is 749. The topological polar surface area (TPSA) is 25.8 Å². The molecule has 20 heavy (non-hydrogen) atoms. The van der Waals surface area contributed by atoms with Gasteiger partial charge in [-0.2, -0.15) is 0 Å². The van der Waals surface area contributed by atoms with E-state index in [1.165, 1.54) is 5.56 Å². The Morgan fingerprint density at radius 2 is 1.60 bits per heavy atom. The van der Waals surface area contributed by atoms with Gasteiger partial charge in [0.15, 0.2) is 5.82 Å². The Kier molecular flexibility index (Phi) is 3.41. The van der Waals surface area contributed by atoms with Crippen LogP contribution >= 0.6 is 11.6 Å². The molecule has 0 fully saturated rings. The summed E-state index contributed by atoms with van der Waals surface area (Å²) in [5.74, 6) is 1.19. The molecule has 1 heterocycles. The van der Waals surface area contributed by atoms with Crippen LogP contribution in [0.4, 0.5) is 0 Å². The van der Waals surface area contributed by atoms with Gasteiger partial charge in [-0.3, -0.25) is 0 Å². The lowest BCUT2D eigenvalue weighted by atomic mass is 10.0. The van der Waals surface area contributed by atoms with Crippen LogP contribution in [0.25, 0.3) is 22.3 Å². The Hall–Kier alpha value is -1.93. The van der Waals surface area contributed by atoms with Crippen molar-refractivity contribution in [1.29, 1.82) is 0 Å². The number of hydrogen-bond acceptors (Lipinski definition) is 2. The highest BCUT2D eigenvalue weighted by Gasteiger charge is 2.08. The molecule has 3 aromatic rings. The number of rotatable bonds is 2. The minimum Gasteiger partial charge on any atom is -0.228 e. The van der Waals surface area contributed by atoms with Gasteiger partial charge in [0.05, 0.1) is 5.52 Å². The number of aromatic nitrogens is 2. The molecule has 0 spiro atoms. The smallest absolute Gasteiger partial charge is 0.161 e. The highest BCUT2D eigenvalue weighted by molar-refractivity contribution is 6.34. The fraction of sp³-hybridized carbons (Fsp3) is 0.176. The van der Waals surface area contributed by atoms with E-state index in [1.54, 1.807) is 0 Å². The predicted octanol–water partition coefficient (Wildman–Crippen LogP) is 5.07. The van der Waals surface area contributed by atoms with Crippen LogP contribution in [0.3, 0.4) is 0 Å². The highest BCUT2D eigenvalue weighted by Crippen LogP contribution is 2.25. The van der Waals surface area contributed by atoms with Gasteiger partial charge in [-0.25, -0.2) is 9.97 Å². The van der Waals surface area contributed by atoms with Gasteiger partial charge in [0.2, 0.25) is 0 Å². The van der Waals surface area contributed by atoms with Crippen LogP contribution in [0.15, 0.2) is 48.5 Å². The van der Waals surface area contributed by atoms with E-state index in [1.807, 2.05) is 24.3 Å². The van der Waals surface area contributed by atoms with Crippen molar-refractivity contribution in [2.45, 2.75) is 19.8 Å². The normalized spacial score (nSPS) is 11.2. The predicted molar refractivity (Wildman–Crippen MR) is 84.1 cm³/mol. The largest absolute Gasteiger partial charge is 0.228 e. The second-order valence-corrected chi connectivity index (χ2v) is 5.49. The molecule has 0 unspecified atom stereocenters. The molecule has 100 valence electrons. The monoisotopic (exact) mass is 282 g/mol. The summed E-state index contributed by atoms with van der Waals surface area (Å²) >= 11 is 6.24. The van der Waals surface area contributed by atoms with Crippen molar-refractivity contribution in [2.24, 2.45) is 0 Å². The Labute approximate surface area is 123 Å². The highest BCUT2D eigenvalue weighted by atomic mass is 35.5. The number of fused-ring (bicyclic) bond motifs is 1. The maximum Gasteiger partial charge on any atom is 0.161 e. The average Bonchev–Trinajstić information content (AvgIpc) is 2.47. The van der Waals surface area contributed by atoms with Crippen molar-refractivity contribution in [3.63, 3.8) is 0 Å². The van der Waals surface area contributed by atoms with Gasteiger partial charge in [-0.05, 0) is 23.6 Å². The zero-order chi connectivity index (χ0) is 14.1. The fourth-order valence-electron chi connectivity index (χ4n) is 2.18. The van der Waals surface area contributed by atoms with Crippen LogP contribution in [-0.4, -0.2) is 9.97 Å². The van der Waals surface area contributed by atoms with Crippen molar-refractivity contribution >= 4 is 22.5 Å². The third-order valence-electron chi connectivity index (χ3n) is 3.39. The van der Waals surface area contributed by atoms with E-state index in [4.69, 9.17) is 11.6 Å². The fourth-order valence-corrected chi connectivity index (χ4v) is 2.42. The molecule has 0 atom stereocenters. The zero-order valence-corrected chi connectivity index (χ0v) is 12.2. The molecule has 0 saturated heterocycles. The molecule has 0 saturated carbocycles. The third-order valence-corrected chi connectivity index (χ3v) is 3.68. The lowest BCUT2D eigenvalue weighted by molar-refractivity contribution is 0.867. The summed E-state index contributed by atoms with van der Waals surface area (Å²) < 4.78 is 0. The third kappa shape index (κ3) is 2.39. The molecule has 3 rings (SSSR count). The summed E-state index contributed by atoms with van der Waals surface area (Å²) in [6, 6.07) is 16.1. The second kappa shape index (κ2) is 5.22. The van der Waals surface area contributed by atoms with Crippen molar-refractivity contribution in [2.75, 3.05) is 0 Å². The van der Waals surface area contributed by atoms with Gasteiger partial charge in [0, 0.05) is 10.9 Å². The summed E-state index contributed by atoms with van der Waals surface area (Å²) in [7, 11) is 0. The first-order chi connectivity index (χ1) is 9.65. The summed E-state index contributed by atoms with van der Waals surface area (Å²) in [6.07, 6.45) is 0. The molecule has 0 radical (unpaired) electrons. The average molecular weight is 283 g/mol. The maximum atomic E-state index is 6.24. The van der Waals surface area contributed by atoms with Crippen LogP contribution in [0, 0.1) is 0 Å². The van der Waals surface area contributed by atoms with Crippen molar-refractivity contribution in [1.82, 2.24) is 9.97 Å². The van der Waals surface area contributed by atoms with Crippen molar-refractivity contribution < 1.29 is 0 Å². The van der Waals surface area contributed by atoms with Gasteiger partial charge >= 0.3 is 0 Å². The molecular formula is C17H15ClN2. The quantitative estimate of drug-likeness (QED) is 0.613. The van der Waals surface area contributed by atoms with Gasteiger partial charge in [-0.1, -0.05) is 61.8 Å². The molecule has 0 aliphatic carbocycles. The van der Waals surface area contributed by atoms with Crippen LogP contribution < -0.4 is 0 Å². The van der Waals surface area contributed by atoms with Gasteiger partial charge in [-0.15, -0.1) is 0 Å². The molecule has 3 heteroatoms. The molecule has 0 aliphatic rings. The SMILES string of the molecule is CC(C)c1ccc(-c2nc(Cl)c3ccccc3n2)cc1. The number of nitrogens with zero attached hydrogens (tertiary/aromatic N) is 2. The molecule has 0 aliphatic heterocycles. The molecule has 0 bridgehead atoms. The number of para-hydroxylation sites is 1. The molecule has 0 N–H and O–H groups in total. The van der Waals surface area contributed by atoms with E-state index in [-0.39, 0.29) is 0 Å². The van der Waals surface area contributed by atoms with E-state index in [0.29, 0.717) is 16.9 Å². The molecular weight excluding hydrogens is 268 g/mol. The second-order valence-electron chi connectivity index (χ2n) is 5.13. The summed E-state index contributed by atoms with van der Waals surface area (Å²) in [5, 5.41) is 1.38. The standard InChI is InChI=1S/C17H15ClN2/c1-11(2)12-7-9-13(10-8-12)17-19-15-6-4-3-5-14(15)16(18)20-17/h3-11H,1-2H3. The van der Waals surface area contributed by atoms with E-state index < -0.39 is 0 Å². The van der Waals surface area contributed by atoms with Gasteiger partial charge < -0.3 is 0 Å². The lowest BCUT2D eigenvalue weighted by Gasteiger charge is -2.07. The zero-order valence-electron chi connectivity index (χ0n) is 11.5. The van der Waals surface area contributed by atoms with Gasteiger partial charge in [0.25, 0.3) is 0 Å². The molecule has 2 aromatic carbocycles.